The standard InChI is InChI=1S/C24H29ClN8O/c25-20-23(33-14-17-6-2-1-5-16(17)13-18(33)15-34)28-21-19(27-20)22(31-9-3-4-10-31)30-24(29-21)32-11-7-26-8-12-32/h1-2,5-6,18,26,34H,3-4,7-15H2/t18-/m0/s1. The molecule has 10 heteroatoms. The van der Waals surface area contributed by atoms with Gasteiger partial charge in [-0.2, -0.15) is 9.97 Å². The Morgan fingerprint density at radius 1 is 0.912 bits per heavy atom. The molecular formula is C24H29ClN8O. The molecule has 6 rings (SSSR count). The van der Waals surface area contributed by atoms with Gasteiger partial charge in [-0.1, -0.05) is 35.9 Å². The van der Waals surface area contributed by atoms with E-state index in [0.29, 0.717) is 34.6 Å². The summed E-state index contributed by atoms with van der Waals surface area (Å²) >= 11 is 6.76. The number of fused-ring (bicyclic) bond motifs is 2. The number of piperazine rings is 1. The molecule has 0 saturated carbocycles. The normalized spacial score (nSPS) is 20.8. The Labute approximate surface area is 203 Å². The van der Waals surface area contributed by atoms with Crippen molar-refractivity contribution >= 4 is 40.3 Å². The highest BCUT2D eigenvalue weighted by atomic mass is 35.5. The molecule has 0 bridgehead atoms. The van der Waals surface area contributed by atoms with Crippen LogP contribution >= 0.6 is 11.6 Å². The van der Waals surface area contributed by atoms with E-state index in [1.807, 2.05) is 12.1 Å². The molecule has 34 heavy (non-hydrogen) atoms. The van der Waals surface area contributed by atoms with E-state index in [1.165, 1.54) is 11.1 Å². The Balaban J connectivity index is 1.46. The Morgan fingerprint density at radius 2 is 1.68 bits per heavy atom. The molecule has 2 fully saturated rings. The molecule has 0 aliphatic carbocycles. The van der Waals surface area contributed by atoms with Crippen LogP contribution in [0.1, 0.15) is 24.0 Å². The molecule has 0 unspecified atom stereocenters. The van der Waals surface area contributed by atoms with E-state index < -0.39 is 0 Å². The van der Waals surface area contributed by atoms with Crippen LogP contribution in [0.4, 0.5) is 17.6 Å². The molecule has 2 N–H and O–H groups in total. The zero-order valence-electron chi connectivity index (χ0n) is 19.1. The number of aliphatic hydroxyl groups excluding tert-OH is 1. The molecule has 3 aliphatic rings. The van der Waals surface area contributed by atoms with E-state index in [1.54, 1.807) is 0 Å². The fraction of sp³-hybridized carbons (Fsp3) is 0.500. The van der Waals surface area contributed by atoms with Crippen molar-refractivity contribution in [2.75, 3.05) is 60.6 Å². The van der Waals surface area contributed by atoms with Crippen molar-refractivity contribution in [3.05, 3.63) is 40.5 Å². The van der Waals surface area contributed by atoms with Crippen LogP contribution < -0.4 is 20.0 Å². The number of nitrogens with one attached hydrogen (secondary N) is 1. The fourth-order valence-corrected chi connectivity index (χ4v) is 5.47. The summed E-state index contributed by atoms with van der Waals surface area (Å²) in [6, 6.07) is 8.21. The molecular weight excluding hydrogens is 452 g/mol. The van der Waals surface area contributed by atoms with Crippen molar-refractivity contribution in [3.63, 3.8) is 0 Å². The lowest BCUT2D eigenvalue weighted by Gasteiger charge is -2.37. The first-order valence-electron chi connectivity index (χ1n) is 12.1. The minimum absolute atomic E-state index is 0.0131. The molecule has 178 valence electrons. The maximum atomic E-state index is 10.2. The molecule has 9 nitrogen and oxygen atoms in total. The molecule has 2 aromatic heterocycles. The maximum absolute atomic E-state index is 10.2. The van der Waals surface area contributed by atoms with Gasteiger partial charge in [0.05, 0.1) is 12.6 Å². The molecule has 2 saturated heterocycles. The quantitative estimate of drug-likeness (QED) is 0.581. The van der Waals surface area contributed by atoms with Gasteiger partial charge in [0.15, 0.2) is 28.0 Å². The average Bonchev–Trinajstić information content (AvgIpc) is 3.42. The Bertz CT molecular complexity index is 1200. The minimum atomic E-state index is -0.119. The summed E-state index contributed by atoms with van der Waals surface area (Å²) < 4.78 is 0. The van der Waals surface area contributed by atoms with Gasteiger partial charge in [-0.25, -0.2) is 9.97 Å². The largest absolute Gasteiger partial charge is 0.394 e. The number of hydrogen-bond acceptors (Lipinski definition) is 9. The summed E-state index contributed by atoms with van der Waals surface area (Å²) in [5.74, 6) is 2.08. The molecule has 5 heterocycles. The summed E-state index contributed by atoms with van der Waals surface area (Å²) in [4.78, 5) is 26.1. The van der Waals surface area contributed by atoms with Crippen LogP contribution in [-0.2, 0) is 13.0 Å². The van der Waals surface area contributed by atoms with E-state index in [0.717, 1.165) is 64.3 Å². The topological polar surface area (TPSA) is 93.5 Å². The third kappa shape index (κ3) is 3.91. The number of rotatable bonds is 4. The van der Waals surface area contributed by atoms with E-state index >= 15 is 0 Å². The zero-order chi connectivity index (χ0) is 23.1. The molecule has 0 amide bonds. The van der Waals surface area contributed by atoms with Crippen molar-refractivity contribution in [3.8, 4) is 0 Å². The second kappa shape index (κ2) is 9.13. The number of hydrogen-bond donors (Lipinski definition) is 2. The highest BCUT2D eigenvalue weighted by Crippen LogP contribution is 2.35. The van der Waals surface area contributed by atoms with E-state index in [9.17, 15) is 5.11 Å². The summed E-state index contributed by atoms with van der Waals surface area (Å²) in [6.45, 7) is 6.05. The smallest absolute Gasteiger partial charge is 0.229 e. The van der Waals surface area contributed by atoms with Crippen molar-refractivity contribution in [1.82, 2.24) is 25.3 Å². The maximum Gasteiger partial charge on any atom is 0.229 e. The van der Waals surface area contributed by atoms with Crippen LogP contribution in [-0.4, -0.2) is 77.0 Å². The fourth-order valence-electron chi connectivity index (χ4n) is 5.23. The molecule has 1 atom stereocenters. The minimum Gasteiger partial charge on any atom is -0.394 e. The van der Waals surface area contributed by atoms with Crippen molar-refractivity contribution < 1.29 is 5.11 Å². The third-order valence-electron chi connectivity index (χ3n) is 7.09. The summed E-state index contributed by atoms with van der Waals surface area (Å²) in [5, 5.41) is 13.9. The first kappa shape index (κ1) is 21.8. The van der Waals surface area contributed by atoms with E-state index in [2.05, 4.69) is 32.1 Å². The van der Waals surface area contributed by atoms with Crippen LogP contribution in [0, 0.1) is 0 Å². The number of anilines is 3. The molecule has 1 aromatic carbocycles. The second-order valence-electron chi connectivity index (χ2n) is 9.23. The third-order valence-corrected chi connectivity index (χ3v) is 7.34. The molecule has 0 radical (unpaired) electrons. The summed E-state index contributed by atoms with van der Waals surface area (Å²) in [5.41, 5.74) is 3.67. The zero-order valence-corrected chi connectivity index (χ0v) is 19.9. The van der Waals surface area contributed by atoms with Crippen LogP contribution in [0.25, 0.3) is 11.2 Å². The Hall–Kier alpha value is -2.75. The van der Waals surface area contributed by atoms with Gasteiger partial charge in [-0.05, 0) is 30.4 Å². The highest BCUT2D eigenvalue weighted by molar-refractivity contribution is 6.32. The van der Waals surface area contributed by atoms with E-state index in [4.69, 9.17) is 31.5 Å². The van der Waals surface area contributed by atoms with Gasteiger partial charge in [0.25, 0.3) is 0 Å². The Morgan fingerprint density at radius 3 is 2.44 bits per heavy atom. The van der Waals surface area contributed by atoms with Gasteiger partial charge >= 0.3 is 0 Å². The van der Waals surface area contributed by atoms with E-state index in [-0.39, 0.29) is 12.6 Å². The monoisotopic (exact) mass is 480 g/mol. The lowest BCUT2D eigenvalue weighted by atomic mass is 9.94. The molecule has 3 aliphatic heterocycles. The number of benzene rings is 1. The predicted octanol–water partition coefficient (Wildman–Crippen LogP) is 2.01. The van der Waals surface area contributed by atoms with Crippen LogP contribution in [0.3, 0.4) is 0 Å². The van der Waals surface area contributed by atoms with Crippen LogP contribution in [0.5, 0.6) is 0 Å². The lowest BCUT2D eigenvalue weighted by Crippen LogP contribution is -2.44. The van der Waals surface area contributed by atoms with Crippen molar-refractivity contribution in [1.29, 1.82) is 0 Å². The highest BCUT2D eigenvalue weighted by Gasteiger charge is 2.30. The number of aliphatic hydroxyl groups is 1. The predicted molar refractivity (Wildman–Crippen MR) is 134 cm³/mol. The van der Waals surface area contributed by atoms with Crippen molar-refractivity contribution in [2.45, 2.75) is 31.8 Å². The average molecular weight is 481 g/mol. The van der Waals surface area contributed by atoms with Gasteiger partial charge < -0.3 is 25.1 Å². The first-order valence-corrected chi connectivity index (χ1v) is 12.5. The van der Waals surface area contributed by atoms with Gasteiger partial charge in [0.1, 0.15) is 0 Å². The van der Waals surface area contributed by atoms with Gasteiger partial charge in [0, 0.05) is 45.8 Å². The summed E-state index contributed by atoms with van der Waals surface area (Å²) in [7, 11) is 0. The van der Waals surface area contributed by atoms with Crippen LogP contribution in [0.2, 0.25) is 5.15 Å². The number of nitrogens with zero attached hydrogens (tertiary/aromatic N) is 7. The van der Waals surface area contributed by atoms with Crippen molar-refractivity contribution in [2.24, 2.45) is 0 Å². The van der Waals surface area contributed by atoms with Gasteiger partial charge in [0.2, 0.25) is 5.95 Å². The van der Waals surface area contributed by atoms with Gasteiger partial charge in [-0.15, -0.1) is 0 Å². The summed E-state index contributed by atoms with van der Waals surface area (Å²) in [6.07, 6.45) is 3.01. The molecule has 3 aromatic rings. The molecule has 0 spiro atoms. The van der Waals surface area contributed by atoms with Crippen LogP contribution in [0.15, 0.2) is 24.3 Å². The Kier molecular flexibility index (Phi) is 5.84. The number of halogens is 1. The number of aromatic nitrogens is 4. The first-order chi connectivity index (χ1) is 16.7. The SMILES string of the molecule is OC[C@@H]1Cc2ccccc2CN1c1nc2nc(N3CCNCC3)nc(N3CCCC3)c2nc1Cl. The lowest BCUT2D eigenvalue weighted by molar-refractivity contribution is 0.253. The second-order valence-corrected chi connectivity index (χ2v) is 9.58. The van der Waals surface area contributed by atoms with Gasteiger partial charge in [-0.3, -0.25) is 0 Å².